The molecule has 3 N–H and O–H groups in total. The Hall–Kier alpha value is -0.130. The second-order valence-corrected chi connectivity index (χ2v) is 8.36. The van der Waals surface area contributed by atoms with E-state index in [0.29, 0.717) is 31.6 Å². The molecule has 0 radical (unpaired) electrons. The van der Waals surface area contributed by atoms with Crippen molar-refractivity contribution < 1.29 is 8.42 Å². The Kier molecular flexibility index (Phi) is 16.2. The maximum absolute atomic E-state index is 11.3. The molecule has 0 spiro atoms. The van der Waals surface area contributed by atoms with Gasteiger partial charge in [-0.2, -0.15) is 0 Å². The molecule has 0 unspecified atom stereocenters. The van der Waals surface area contributed by atoms with Gasteiger partial charge in [0.05, 0.1) is 5.75 Å². The first kappa shape index (κ1) is 27.1. The first-order valence-corrected chi connectivity index (χ1v) is 10.6. The molecule has 0 amide bonds. The molecule has 0 saturated carbocycles. The summed E-state index contributed by atoms with van der Waals surface area (Å²) in [6.45, 7) is 16.1. The van der Waals surface area contributed by atoms with Crippen molar-refractivity contribution in [1.82, 2.24) is 20.3 Å². The largest absolute Gasteiger partial charge is 0.357 e. The number of guanidine groups is 1. The van der Waals surface area contributed by atoms with Crippen LogP contribution in [-0.4, -0.2) is 69.8 Å². The van der Waals surface area contributed by atoms with Crippen LogP contribution < -0.4 is 15.4 Å². The van der Waals surface area contributed by atoms with Crippen LogP contribution in [0.25, 0.3) is 0 Å². The fourth-order valence-electron chi connectivity index (χ4n) is 2.36. The summed E-state index contributed by atoms with van der Waals surface area (Å²) in [5, 5.41) is 6.55. The summed E-state index contributed by atoms with van der Waals surface area (Å²) in [6.07, 6.45) is 0.680. The van der Waals surface area contributed by atoms with Crippen LogP contribution in [0.4, 0.5) is 0 Å². The standard InChI is InChI=1S/C16H37N5O2S.HI/c1-7-17-16(18-10-9-11-20-24(22,23)8-2)19-12-13-21(14(3)4)15(5)6;/h14-15,20H,7-13H2,1-6H3,(H2,17,18,19);1H. The van der Waals surface area contributed by atoms with Crippen molar-refractivity contribution in [2.75, 3.05) is 38.5 Å². The minimum atomic E-state index is -3.11. The Morgan fingerprint density at radius 1 is 1.04 bits per heavy atom. The topological polar surface area (TPSA) is 85.8 Å². The normalized spacial score (nSPS) is 12.6. The molecule has 0 rings (SSSR count). The SMILES string of the molecule is CCNC(=NCCCNS(=O)(=O)CC)NCCN(C(C)C)C(C)C.I. The third-order valence-corrected chi connectivity index (χ3v) is 5.04. The summed E-state index contributed by atoms with van der Waals surface area (Å²) in [4.78, 5) is 6.91. The highest BCUT2D eigenvalue weighted by atomic mass is 127. The molecule has 0 aliphatic rings. The van der Waals surface area contributed by atoms with Gasteiger partial charge in [0.2, 0.25) is 10.0 Å². The summed E-state index contributed by atoms with van der Waals surface area (Å²) < 4.78 is 25.2. The van der Waals surface area contributed by atoms with E-state index in [4.69, 9.17) is 0 Å². The Bertz CT molecular complexity index is 447. The first-order valence-electron chi connectivity index (χ1n) is 8.98. The lowest BCUT2D eigenvalue weighted by atomic mass is 10.2. The van der Waals surface area contributed by atoms with E-state index in [1.54, 1.807) is 6.92 Å². The van der Waals surface area contributed by atoms with Crippen LogP contribution in [0.15, 0.2) is 4.99 Å². The van der Waals surface area contributed by atoms with Crippen molar-refractivity contribution >= 4 is 40.0 Å². The van der Waals surface area contributed by atoms with Gasteiger partial charge in [0.1, 0.15) is 0 Å². The van der Waals surface area contributed by atoms with Gasteiger partial charge in [-0.15, -0.1) is 24.0 Å². The van der Waals surface area contributed by atoms with Crippen LogP contribution >= 0.6 is 24.0 Å². The van der Waals surface area contributed by atoms with Gasteiger partial charge in [0.15, 0.2) is 5.96 Å². The van der Waals surface area contributed by atoms with Crippen LogP contribution in [0.2, 0.25) is 0 Å². The smallest absolute Gasteiger partial charge is 0.211 e. The van der Waals surface area contributed by atoms with Gasteiger partial charge < -0.3 is 10.6 Å². The van der Waals surface area contributed by atoms with Crippen LogP contribution in [-0.2, 0) is 10.0 Å². The number of nitrogens with one attached hydrogen (secondary N) is 3. The van der Waals surface area contributed by atoms with Crippen molar-refractivity contribution in [3.63, 3.8) is 0 Å². The second-order valence-electron chi connectivity index (χ2n) is 6.26. The molecule has 0 atom stereocenters. The highest BCUT2D eigenvalue weighted by molar-refractivity contribution is 14.0. The molecule has 0 aromatic carbocycles. The lowest BCUT2D eigenvalue weighted by Gasteiger charge is -2.30. The molecule has 152 valence electrons. The highest BCUT2D eigenvalue weighted by Crippen LogP contribution is 2.03. The summed E-state index contributed by atoms with van der Waals surface area (Å²) in [7, 11) is -3.11. The molecule has 0 aromatic rings. The van der Waals surface area contributed by atoms with Crippen molar-refractivity contribution in [3.8, 4) is 0 Å². The van der Waals surface area contributed by atoms with E-state index in [2.05, 4.69) is 52.9 Å². The maximum atomic E-state index is 11.3. The molecule has 25 heavy (non-hydrogen) atoms. The molecule has 7 nitrogen and oxygen atoms in total. The van der Waals surface area contributed by atoms with Crippen molar-refractivity contribution in [1.29, 1.82) is 0 Å². The first-order chi connectivity index (χ1) is 11.2. The summed E-state index contributed by atoms with van der Waals surface area (Å²) >= 11 is 0. The van der Waals surface area contributed by atoms with Gasteiger partial charge >= 0.3 is 0 Å². The van der Waals surface area contributed by atoms with Gasteiger partial charge in [-0.05, 0) is 48.0 Å². The number of rotatable bonds is 12. The Labute approximate surface area is 171 Å². The fourth-order valence-corrected chi connectivity index (χ4v) is 3.02. The highest BCUT2D eigenvalue weighted by Gasteiger charge is 2.12. The molecule has 0 fully saturated rings. The number of hydrogen-bond acceptors (Lipinski definition) is 4. The summed E-state index contributed by atoms with van der Waals surface area (Å²) in [6, 6.07) is 1.02. The fraction of sp³-hybridized carbons (Fsp3) is 0.938. The lowest BCUT2D eigenvalue weighted by molar-refractivity contribution is 0.178. The van der Waals surface area contributed by atoms with Gasteiger partial charge in [0, 0.05) is 44.8 Å². The van der Waals surface area contributed by atoms with Crippen molar-refractivity contribution in [2.24, 2.45) is 4.99 Å². The summed E-state index contributed by atoms with van der Waals surface area (Å²) in [5.74, 6) is 0.895. The second kappa shape index (κ2) is 15.0. The molecular weight excluding hydrogens is 453 g/mol. The average molecular weight is 491 g/mol. The zero-order valence-corrected chi connectivity index (χ0v) is 19.8. The zero-order chi connectivity index (χ0) is 18.6. The molecule has 0 aliphatic heterocycles. The van der Waals surface area contributed by atoms with E-state index in [1.165, 1.54) is 0 Å². The van der Waals surface area contributed by atoms with Crippen molar-refractivity contribution in [3.05, 3.63) is 0 Å². The number of aliphatic imine (C=N–C) groups is 1. The minimum Gasteiger partial charge on any atom is -0.357 e. The maximum Gasteiger partial charge on any atom is 0.211 e. The monoisotopic (exact) mass is 491 g/mol. The van der Waals surface area contributed by atoms with Crippen LogP contribution in [0.3, 0.4) is 0 Å². The van der Waals surface area contributed by atoms with Gasteiger partial charge in [-0.25, -0.2) is 13.1 Å². The van der Waals surface area contributed by atoms with Gasteiger partial charge in [0.25, 0.3) is 0 Å². The number of halogens is 1. The Balaban J connectivity index is 0. The molecule has 0 aromatic heterocycles. The minimum absolute atomic E-state index is 0. The molecular formula is C16H38IN5O2S. The van der Waals surface area contributed by atoms with E-state index < -0.39 is 10.0 Å². The molecule has 0 bridgehead atoms. The number of nitrogens with zero attached hydrogens (tertiary/aromatic N) is 2. The van der Waals surface area contributed by atoms with Crippen molar-refractivity contribution in [2.45, 2.75) is 60.0 Å². The van der Waals surface area contributed by atoms with E-state index in [1.807, 2.05) is 6.92 Å². The Morgan fingerprint density at radius 2 is 1.64 bits per heavy atom. The predicted molar refractivity (Wildman–Crippen MR) is 118 cm³/mol. The molecule has 0 saturated heterocycles. The zero-order valence-electron chi connectivity index (χ0n) is 16.6. The number of hydrogen-bond donors (Lipinski definition) is 3. The van der Waals surface area contributed by atoms with E-state index >= 15 is 0 Å². The predicted octanol–water partition coefficient (Wildman–Crippen LogP) is 1.61. The third kappa shape index (κ3) is 13.7. The lowest BCUT2D eigenvalue weighted by Crippen LogP contribution is -2.45. The third-order valence-electron chi connectivity index (χ3n) is 3.64. The summed E-state index contributed by atoms with van der Waals surface area (Å²) in [5.41, 5.74) is 0. The van der Waals surface area contributed by atoms with Crippen LogP contribution in [0.5, 0.6) is 0 Å². The quantitative estimate of drug-likeness (QED) is 0.167. The van der Waals surface area contributed by atoms with Crippen LogP contribution in [0.1, 0.15) is 48.0 Å². The average Bonchev–Trinajstić information content (AvgIpc) is 2.50. The van der Waals surface area contributed by atoms with Crippen LogP contribution in [0, 0.1) is 0 Å². The molecule has 9 heteroatoms. The van der Waals surface area contributed by atoms with E-state index in [9.17, 15) is 8.42 Å². The molecule has 0 aliphatic carbocycles. The number of sulfonamides is 1. The van der Waals surface area contributed by atoms with Gasteiger partial charge in [-0.3, -0.25) is 9.89 Å². The Morgan fingerprint density at radius 3 is 2.12 bits per heavy atom. The van der Waals surface area contributed by atoms with E-state index in [-0.39, 0.29) is 29.7 Å². The van der Waals surface area contributed by atoms with E-state index in [0.717, 1.165) is 25.6 Å². The van der Waals surface area contributed by atoms with Gasteiger partial charge in [-0.1, -0.05) is 0 Å². The molecule has 0 heterocycles.